The highest BCUT2D eigenvalue weighted by Crippen LogP contribution is 2.44. The lowest BCUT2D eigenvalue weighted by atomic mass is 9.75. The first-order chi connectivity index (χ1) is 11.1. The number of ether oxygens (including phenoxy) is 1. The predicted octanol–water partition coefficient (Wildman–Crippen LogP) is 2.04. The molecule has 0 radical (unpaired) electrons. The first-order valence-corrected chi connectivity index (χ1v) is 8.59. The summed E-state index contributed by atoms with van der Waals surface area (Å²) in [5.74, 6) is 0. The van der Waals surface area contributed by atoms with Gasteiger partial charge in [-0.2, -0.15) is 0 Å². The van der Waals surface area contributed by atoms with E-state index < -0.39 is 0 Å². The number of piperidine rings is 1. The lowest BCUT2D eigenvalue weighted by molar-refractivity contribution is -0.0952. The molecule has 124 valence electrons. The Balaban J connectivity index is 1.69. The van der Waals surface area contributed by atoms with Crippen molar-refractivity contribution in [3.05, 3.63) is 46.2 Å². The molecule has 6 heteroatoms. The summed E-state index contributed by atoms with van der Waals surface area (Å²) in [7, 11) is 1.98. The summed E-state index contributed by atoms with van der Waals surface area (Å²) in [5, 5.41) is 6.43. The van der Waals surface area contributed by atoms with Crippen LogP contribution in [0.3, 0.4) is 0 Å². The molecule has 0 unspecified atom stereocenters. The van der Waals surface area contributed by atoms with Gasteiger partial charge in [0.15, 0.2) is 0 Å². The van der Waals surface area contributed by atoms with E-state index in [4.69, 9.17) is 16.3 Å². The highest BCUT2D eigenvalue weighted by molar-refractivity contribution is 6.30. The zero-order chi connectivity index (χ0) is 16.0. The zero-order valence-electron chi connectivity index (χ0n) is 13.5. The minimum absolute atomic E-state index is 0.225. The Morgan fingerprint density at radius 3 is 3.00 bits per heavy atom. The van der Waals surface area contributed by atoms with E-state index in [-0.39, 0.29) is 11.6 Å². The second kappa shape index (κ2) is 5.67. The zero-order valence-corrected chi connectivity index (χ0v) is 14.3. The second-order valence-electron chi connectivity index (χ2n) is 6.85. The molecule has 1 spiro atoms. The van der Waals surface area contributed by atoms with Gasteiger partial charge in [-0.15, -0.1) is 5.53 Å². The topological polar surface area (TPSA) is 48.6 Å². The molecular formula is C17H23ClN4O. The Kier molecular flexibility index (Phi) is 3.76. The highest BCUT2D eigenvalue weighted by atomic mass is 35.5. The van der Waals surface area contributed by atoms with Crippen molar-refractivity contribution >= 4 is 11.6 Å². The van der Waals surface area contributed by atoms with Crippen LogP contribution in [0.15, 0.2) is 30.1 Å². The third-order valence-electron chi connectivity index (χ3n) is 5.05. The van der Waals surface area contributed by atoms with Crippen LogP contribution in [0.25, 0.3) is 0 Å². The molecule has 5 nitrogen and oxygen atoms in total. The SMILES string of the molecule is C[C@H]1C[C@@]2(C[C@@H](C3=CN(C)NN3)N1)OCCc1cc(Cl)ccc12. The van der Waals surface area contributed by atoms with Crippen molar-refractivity contribution in [1.29, 1.82) is 0 Å². The molecule has 3 N–H and O–H groups in total. The van der Waals surface area contributed by atoms with E-state index >= 15 is 0 Å². The van der Waals surface area contributed by atoms with Gasteiger partial charge in [0, 0.05) is 30.7 Å². The van der Waals surface area contributed by atoms with Gasteiger partial charge in [0.2, 0.25) is 0 Å². The highest BCUT2D eigenvalue weighted by Gasteiger charge is 2.45. The lowest BCUT2D eigenvalue weighted by Gasteiger charge is -2.47. The van der Waals surface area contributed by atoms with Crippen molar-refractivity contribution in [2.45, 2.75) is 43.9 Å². The molecule has 0 bridgehead atoms. The summed E-state index contributed by atoms with van der Waals surface area (Å²) < 4.78 is 6.39. The smallest absolute Gasteiger partial charge is 0.0967 e. The Hall–Kier alpha value is -1.27. The number of nitrogens with zero attached hydrogens (tertiary/aromatic N) is 1. The number of rotatable bonds is 1. The predicted molar refractivity (Wildman–Crippen MR) is 90.5 cm³/mol. The number of hydrazine groups is 2. The fraction of sp³-hybridized carbons (Fsp3) is 0.529. The normalized spacial score (nSPS) is 33.3. The molecule has 0 saturated carbocycles. The number of hydrogen-bond acceptors (Lipinski definition) is 5. The quantitative estimate of drug-likeness (QED) is 0.734. The molecule has 1 aromatic rings. The first-order valence-electron chi connectivity index (χ1n) is 8.21. The molecule has 3 heterocycles. The minimum atomic E-state index is -0.225. The molecule has 1 saturated heterocycles. The van der Waals surface area contributed by atoms with E-state index in [1.54, 1.807) is 0 Å². The van der Waals surface area contributed by atoms with Crippen LogP contribution < -0.4 is 16.3 Å². The van der Waals surface area contributed by atoms with Crippen LogP contribution in [0.1, 0.15) is 30.9 Å². The van der Waals surface area contributed by atoms with Crippen LogP contribution in [0.4, 0.5) is 0 Å². The van der Waals surface area contributed by atoms with Crippen LogP contribution in [0.5, 0.6) is 0 Å². The second-order valence-corrected chi connectivity index (χ2v) is 7.29. The van der Waals surface area contributed by atoms with Crippen molar-refractivity contribution in [2.75, 3.05) is 13.7 Å². The summed E-state index contributed by atoms with van der Waals surface area (Å²) in [5.41, 5.74) is 9.92. The molecule has 0 amide bonds. The van der Waals surface area contributed by atoms with E-state index in [1.165, 1.54) is 11.1 Å². The number of nitrogens with one attached hydrogen (secondary N) is 3. The molecule has 3 aliphatic rings. The van der Waals surface area contributed by atoms with Gasteiger partial charge in [-0.05, 0) is 43.0 Å². The van der Waals surface area contributed by atoms with E-state index in [0.29, 0.717) is 6.04 Å². The van der Waals surface area contributed by atoms with Gasteiger partial charge >= 0.3 is 0 Å². The van der Waals surface area contributed by atoms with Crippen molar-refractivity contribution in [2.24, 2.45) is 0 Å². The monoisotopic (exact) mass is 334 g/mol. The van der Waals surface area contributed by atoms with Gasteiger partial charge < -0.3 is 15.5 Å². The van der Waals surface area contributed by atoms with Gasteiger partial charge in [-0.3, -0.25) is 5.01 Å². The number of hydrogen-bond donors (Lipinski definition) is 3. The number of halogens is 1. The van der Waals surface area contributed by atoms with Crippen LogP contribution >= 0.6 is 11.6 Å². The molecule has 4 rings (SSSR count). The Bertz CT molecular complexity index is 649. The maximum atomic E-state index is 6.39. The van der Waals surface area contributed by atoms with Crippen molar-refractivity contribution in [3.8, 4) is 0 Å². The van der Waals surface area contributed by atoms with E-state index in [2.05, 4.69) is 41.5 Å². The molecule has 0 aromatic heterocycles. The Labute approximate surface area is 142 Å². The van der Waals surface area contributed by atoms with Crippen molar-refractivity contribution in [3.63, 3.8) is 0 Å². The van der Waals surface area contributed by atoms with Crippen LogP contribution in [-0.4, -0.2) is 30.7 Å². The summed E-state index contributed by atoms with van der Waals surface area (Å²) in [6, 6.07) is 6.86. The molecule has 3 atom stereocenters. The average Bonchev–Trinajstić information content (AvgIpc) is 2.93. The molecule has 3 aliphatic heterocycles. The first kappa shape index (κ1) is 15.3. The summed E-state index contributed by atoms with van der Waals surface area (Å²) in [4.78, 5) is 0. The van der Waals surface area contributed by atoms with Crippen LogP contribution in [0.2, 0.25) is 5.02 Å². The summed E-state index contributed by atoms with van der Waals surface area (Å²) in [6.07, 6.45) is 4.93. The summed E-state index contributed by atoms with van der Waals surface area (Å²) in [6.45, 7) is 2.99. The third kappa shape index (κ3) is 2.72. The summed E-state index contributed by atoms with van der Waals surface area (Å²) >= 11 is 6.19. The number of fused-ring (bicyclic) bond motifs is 2. The van der Waals surface area contributed by atoms with Gasteiger partial charge in [-0.1, -0.05) is 17.7 Å². The molecule has 0 aliphatic carbocycles. The molecular weight excluding hydrogens is 312 g/mol. The Morgan fingerprint density at radius 2 is 2.22 bits per heavy atom. The van der Waals surface area contributed by atoms with E-state index in [1.807, 2.05) is 18.1 Å². The van der Waals surface area contributed by atoms with Crippen molar-refractivity contribution < 1.29 is 4.74 Å². The van der Waals surface area contributed by atoms with Crippen LogP contribution in [-0.2, 0) is 16.8 Å². The minimum Gasteiger partial charge on any atom is -0.370 e. The van der Waals surface area contributed by atoms with Crippen LogP contribution in [0, 0.1) is 0 Å². The standard InChI is InChI=1S/C17H23ClN4O/c1-11-8-17(9-15(19-11)16-10-22(2)21-20-16)14-4-3-13(18)7-12(14)5-6-23-17/h3-4,7,10-11,15,19-21H,5-6,8-9H2,1-2H3/t11-,15-,17-/m0/s1. The Morgan fingerprint density at radius 1 is 1.35 bits per heavy atom. The van der Waals surface area contributed by atoms with Gasteiger partial charge in [0.25, 0.3) is 0 Å². The average molecular weight is 335 g/mol. The van der Waals surface area contributed by atoms with Crippen molar-refractivity contribution in [1.82, 2.24) is 21.3 Å². The van der Waals surface area contributed by atoms with Gasteiger partial charge in [0.1, 0.15) is 0 Å². The lowest BCUT2D eigenvalue weighted by Crippen LogP contribution is -2.55. The largest absolute Gasteiger partial charge is 0.370 e. The molecule has 1 aromatic carbocycles. The fourth-order valence-electron chi connectivity index (χ4n) is 4.16. The maximum Gasteiger partial charge on any atom is 0.0967 e. The fourth-order valence-corrected chi connectivity index (χ4v) is 4.35. The van der Waals surface area contributed by atoms with Gasteiger partial charge in [0.05, 0.1) is 23.9 Å². The molecule has 23 heavy (non-hydrogen) atoms. The van der Waals surface area contributed by atoms with Gasteiger partial charge in [-0.25, -0.2) is 0 Å². The third-order valence-corrected chi connectivity index (χ3v) is 5.28. The van der Waals surface area contributed by atoms with E-state index in [9.17, 15) is 0 Å². The molecule has 1 fully saturated rings. The van der Waals surface area contributed by atoms with E-state index in [0.717, 1.165) is 36.6 Å². The maximum absolute atomic E-state index is 6.39. The number of benzene rings is 1.